The van der Waals surface area contributed by atoms with Crippen molar-refractivity contribution in [1.82, 2.24) is 0 Å². The fraction of sp³-hybridized carbons (Fsp3) is 1.00. The summed E-state index contributed by atoms with van der Waals surface area (Å²) < 4.78 is 0. The van der Waals surface area contributed by atoms with Gasteiger partial charge in [-0.05, 0) is 12.8 Å². The van der Waals surface area contributed by atoms with Gasteiger partial charge in [-0.3, -0.25) is 0 Å². The van der Waals surface area contributed by atoms with E-state index in [1.165, 1.54) is 0 Å². The molecule has 0 aromatic carbocycles. The molecule has 0 amide bonds. The highest BCUT2D eigenvalue weighted by Gasteiger charge is 2.30. The summed E-state index contributed by atoms with van der Waals surface area (Å²) in [6, 6.07) is 0. The average molecular weight is 134 g/mol. The third-order valence-electron chi connectivity index (χ3n) is 1.55. The molecule has 1 saturated carbocycles. The van der Waals surface area contributed by atoms with Crippen LogP contribution in [0.5, 0.6) is 0 Å². The Labute approximate surface area is 53.9 Å². The predicted octanol–water partition coefficient (Wildman–Crippen LogP) is -0.200. The van der Waals surface area contributed by atoms with E-state index in [4.69, 9.17) is 10.2 Å². The van der Waals surface area contributed by atoms with Gasteiger partial charge < -0.3 is 10.2 Å². The van der Waals surface area contributed by atoms with E-state index in [0.29, 0.717) is 12.8 Å². The molecular weight excluding hydrogens is 124 g/mol. The van der Waals surface area contributed by atoms with Crippen molar-refractivity contribution in [3.8, 4) is 0 Å². The third-order valence-corrected chi connectivity index (χ3v) is 2.23. The van der Waals surface area contributed by atoms with E-state index in [1.54, 1.807) is 0 Å². The first-order valence-corrected chi connectivity index (χ1v) is 3.27. The zero-order valence-corrected chi connectivity index (χ0v) is 5.38. The molecule has 0 saturated heterocycles. The number of aliphatic hydroxyl groups is 2. The Morgan fingerprint density at radius 2 is 1.50 bits per heavy atom. The molecule has 1 fully saturated rings. The fourth-order valence-electron chi connectivity index (χ4n) is 0.939. The predicted molar refractivity (Wildman–Crippen MR) is 34.0 cm³/mol. The van der Waals surface area contributed by atoms with Gasteiger partial charge in [-0.2, -0.15) is 12.6 Å². The van der Waals surface area contributed by atoms with E-state index in [1.807, 2.05) is 0 Å². The minimum atomic E-state index is -0.395. The van der Waals surface area contributed by atoms with E-state index < -0.39 is 12.2 Å². The fourth-order valence-corrected chi connectivity index (χ4v) is 1.24. The molecule has 2 N–H and O–H groups in total. The highest BCUT2D eigenvalue weighted by atomic mass is 32.1. The van der Waals surface area contributed by atoms with Crippen molar-refractivity contribution in [3.63, 3.8) is 0 Å². The molecule has 3 heteroatoms. The molecule has 0 heterocycles. The van der Waals surface area contributed by atoms with Crippen LogP contribution in [-0.4, -0.2) is 27.7 Å². The van der Waals surface area contributed by atoms with Gasteiger partial charge in [-0.15, -0.1) is 0 Å². The quantitative estimate of drug-likeness (QED) is 0.402. The zero-order valence-electron chi connectivity index (χ0n) is 4.49. The normalized spacial score (nSPS) is 47.6. The van der Waals surface area contributed by atoms with Gasteiger partial charge in [0.15, 0.2) is 0 Å². The Morgan fingerprint density at radius 1 is 1.12 bits per heavy atom. The van der Waals surface area contributed by atoms with Crippen LogP contribution in [0.3, 0.4) is 0 Å². The number of hydrogen-bond acceptors (Lipinski definition) is 3. The summed E-state index contributed by atoms with van der Waals surface area (Å²) >= 11 is 3.98. The molecule has 0 aromatic rings. The molecule has 0 spiro atoms. The molecule has 2 nitrogen and oxygen atoms in total. The van der Waals surface area contributed by atoms with Gasteiger partial charge in [0.1, 0.15) is 0 Å². The minimum Gasteiger partial charge on any atom is -0.392 e. The van der Waals surface area contributed by atoms with Gasteiger partial charge in [-0.1, -0.05) is 0 Å². The van der Waals surface area contributed by atoms with Crippen LogP contribution >= 0.6 is 12.6 Å². The number of thiol groups is 1. The summed E-state index contributed by atoms with van der Waals surface area (Å²) in [7, 11) is 0. The SMILES string of the molecule is OC1CCC(O)C1S. The van der Waals surface area contributed by atoms with E-state index in [0.717, 1.165) is 0 Å². The summed E-state index contributed by atoms with van der Waals surface area (Å²) in [6.07, 6.45) is 0.590. The standard InChI is InChI=1S/C5H10O2S/c6-3-1-2-4(7)5(3)8/h3-8H,1-2H2. The Kier molecular flexibility index (Phi) is 1.80. The smallest absolute Gasteiger partial charge is 0.0682 e. The summed E-state index contributed by atoms with van der Waals surface area (Å²) in [4.78, 5) is 0. The maximum atomic E-state index is 8.93. The lowest BCUT2D eigenvalue weighted by Crippen LogP contribution is -2.22. The first-order chi connectivity index (χ1) is 3.72. The van der Waals surface area contributed by atoms with Gasteiger partial charge in [0.2, 0.25) is 0 Å². The van der Waals surface area contributed by atoms with Crippen molar-refractivity contribution in [2.75, 3.05) is 0 Å². The summed E-state index contributed by atoms with van der Waals surface area (Å²) in [5.41, 5.74) is 0. The van der Waals surface area contributed by atoms with Crippen molar-refractivity contribution in [2.45, 2.75) is 30.3 Å². The molecule has 0 aliphatic heterocycles. The van der Waals surface area contributed by atoms with Crippen LogP contribution in [0.15, 0.2) is 0 Å². The summed E-state index contributed by atoms with van der Waals surface area (Å²) in [5, 5.41) is 17.7. The molecule has 0 radical (unpaired) electrons. The maximum Gasteiger partial charge on any atom is 0.0682 e. The van der Waals surface area contributed by atoms with Gasteiger partial charge in [-0.25, -0.2) is 0 Å². The largest absolute Gasteiger partial charge is 0.392 e. The number of aliphatic hydroxyl groups excluding tert-OH is 2. The van der Waals surface area contributed by atoms with E-state index in [-0.39, 0.29) is 5.25 Å². The monoisotopic (exact) mass is 134 g/mol. The summed E-state index contributed by atoms with van der Waals surface area (Å²) in [5.74, 6) is 0. The van der Waals surface area contributed by atoms with Crippen LogP contribution in [0.1, 0.15) is 12.8 Å². The van der Waals surface area contributed by atoms with Crippen LogP contribution in [0.2, 0.25) is 0 Å². The maximum absolute atomic E-state index is 8.93. The highest BCUT2D eigenvalue weighted by Crippen LogP contribution is 2.23. The molecule has 2 unspecified atom stereocenters. The average Bonchev–Trinajstić information content (AvgIpc) is 1.98. The van der Waals surface area contributed by atoms with E-state index in [2.05, 4.69) is 12.6 Å². The number of hydrogen-bond donors (Lipinski definition) is 3. The van der Waals surface area contributed by atoms with Crippen molar-refractivity contribution in [2.24, 2.45) is 0 Å². The topological polar surface area (TPSA) is 40.5 Å². The number of rotatable bonds is 0. The highest BCUT2D eigenvalue weighted by molar-refractivity contribution is 7.81. The molecule has 0 bridgehead atoms. The molecule has 1 aliphatic carbocycles. The van der Waals surface area contributed by atoms with Crippen LogP contribution in [0, 0.1) is 0 Å². The second-order valence-electron chi connectivity index (χ2n) is 2.20. The van der Waals surface area contributed by atoms with Crippen LogP contribution in [-0.2, 0) is 0 Å². The minimum absolute atomic E-state index is 0.213. The van der Waals surface area contributed by atoms with Crippen molar-refractivity contribution >= 4 is 12.6 Å². The third kappa shape index (κ3) is 0.989. The zero-order chi connectivity index (χ0) is 6.15. The van der Waals surface area contributed by atoms with Crippen LogP contribution in [0.25, 0.3) is 0 Å². The first-order valence-electron chi connectivity index (χ1n) is 2.76. The molecule has 8 heavy (non-hydrogen) atoms. The Hall–Kier alpha value is 0.270. The van der Waals surface area contributed by atoms with Crippen LogP contribution < -0.4 is 0 Å². The van der Waals surface area contributed by atoms with E-state index in [9.17, 15) is 0 Å². The van der Waals surface area contributed by atoms with Crippen molar-refractivity contribution in [3.05, 3.63) is 0 Å². The van der Waals surface area contributed by atoms with Crippen molar-refractivity contribution < 1.29 is 10.2 Å². The van der Waals surface area contributed by atoms with Gasteiger partial charge >= 0.3 is 0 Å². The van der Waals surface area contributed by atoms with Crippen LogP contribution in [0.4, 0.5) is 0 Å². The second-order valence-corrected chi connectivity index (χ2v) is 2.80. The van der Waals surface area contributed by atoms with Crippen molar-refractivity contribution in [1.29, 1.82) is 0 Å². The molecule has 48 valence electrons. The Bertz CT molecular complexity index is 76.5. The molecular formula is C5H10O2S. The Balaban J connectivity index is 2.44. The summed E-state index contributed by atoms with van der Waals surface area (Å²) in [6.45, 7) is 0. The first kappa shape index (κ1) is 6.39. The molecule has 1 rings (SSSR count). The lowest BCUT2D eigenvalue weighted by atomic mass is 10.3. The molecule has 0 aromatic heterocycles. The lowest BCUT2D eigenvalue weighted by molar-refractivity contribution is 0.146. The molecule has 1 aliphatic rings. The molecule has 2 atom stereocenters. The van der Waals surface area contributed by atoms with Gasteiger partial charge in [0, 0.05) is 0 Å². The Morgan fingerprint density at radius 3 is 1.62 bits per heavy atom. The second kappa shape index (κ2) is 2.25. The lowest BCUT2D eigenvalue weighted by Gasteiger charge is -2.08. The van der Waals surface area contributed by atoms with Gasteiger partial charge in [0.05, 0.1) is 17.5 Å². The van der Waals surface area contributed by atoms with E-state index >= 15 is 0 Å². The van der Waals surface area contributed by atoms with Gasteiger partial charge in [0.25, 0.3) is 0 Å².